The fraction of sp³-hybridized carbons (Fsp3) is 0.0526. The summed E-state index contributed by atoms with van der Waals surface area (Å²) in [7, 11) is 1.63. The summed E-state index contributed by atoms with van der Waals surface area (Å²) in [6.45, 7) is 0. The third-order valence-corrected chi connectivity index (χ3v) is 4.47. The molecule has 6 nitrogen and oxygen atoms in total. The van der Waals surface area contributed by atoms with E-state index in [1.807, 2.05) is 40.9 Å². The molecule has 0 saturated heterocycles. The normalized spacial score (nSPS) is 10.8. The molecule has 7 heteroatoms. The van der Waals surface area contributed by atoms with Crippen LogP contribution in [0.4, 0.5) is 11.5 Å². The van der Waals surface area contributed by atoms with Gasteiger partial charge in [-0.3, -0.25) is 9.38 Å². The van der Waals surface area contributed by atoms with Gasteiger partial charge < -0.3 is 15.2 Å². The summed E-state index contributed by atoms with van der Waals surface area (Å²) in [6, 6.07) is 12.9. The maximum absolute atomic E-state index is 10.4. The van der Waals surface area contributed by atoms with Gasteiger partial charge in [0.2, 0.25) is 0 Å². The number of hydrogen-bond acceptors (Lipinski definition) is 5. The number of halogens is 1. The van der Waals surface area contributed by atoms with Crippen molar-refractivity contribution in [3.8, 4) is 22.8 Å². The van der Waals surface area contributed by atoms with Gasteiger partial charge in [-0.15, -0.1) is 0 Å². The Morgan fingerprint density at radius 1 is 1.19 bits per heavy atom. The number of anilines is 2. The molecule has 0 unspecified atom stereocenters. The van der Waals surface area contributed by atoms with Gasteiger partial charge >= 0.3 is 0 Å². The molecule has 2 N–H and O–H groups in total. The van der Waals surface area contributed by atoms with Crippen LogP contribution in [0.25, 0.3) is 16.9 Å². The van der Waals surface area contributed by atoms with Gasteiger partial charge in [0.15, 0.2) is 5.65 Å². The predicted octanol–water partition coefficient (Wildman–Crippen LogP) is 4.62. The molecule has 0 fully saturated rings. The van der Waals surface area contributed by atoms with Crippen molar-refractivity contribution < 1.29 is 9.84 Å². The van der Waals surface area contributed by atoms with Crippen molar-refractivity contribution in [2.24, 2.45) is 0 Å². The number of benzene rings is 2. The highest BCUT2D eigenvalue weighted by Gasteiger charge is 2.18. The Balaban J connectivity index is 1.90. The first-order valence-corrected chi connectivity index (χ1v) is 8.67. The highest BCUT2D eigenvalue weighted by molar-refractivity contribution is 9.10. The zero-order valence-electron chi connectivity index (χ0n) is 13.8. The Morgan fingerprint density at radius 2 is 2.08 bits per heavy atom. The van der Waals surface area contributed by atoms with Crippen molar-refractivity contribution in [3.05, 3.63) is 65.5 Å². The molecule has 0 bridgehead atoms. The van der Waals surface area contributed by atoms with Crippen LogP contribution in [0, 0.1) is 0 Å². The molecule has 0 atom stereocenters. The number of nitrogens with one attached hydrogen (secondary N) is 1. The van der Waals surface area contributed by atoms with E-state index in [2.05, 4.69) is 31.2 Å². The van der Waals surface area contributed by atoms with E-state index in [-0.39, 0.29) is 5.75 Å². The topological polar surface area (TPSA) is 71.7 Å². The van der Waals surface area contributed by atoms with Crippen molar-refractivity contribution in [1.29, 1.82) is 0 Å². The highest BCUT2D eigenvalue weighted by atomic mass is 79.9. The molecule has 0 amide bonds. The molecule has 4 rings (SSSR count). The van der Waals surface area contributed by atoms with E-state index < -0.39 is 0 Å². The number of aromatic hydroxyl groups is 1. The third-order valence-electron chi connectivity index (χ3n) is 3.98. The summed E-state index contributed by atoms with van der Waals surface area (Å²) in [6.07, 6.45) is 5.19. The van der Waals surface area contributed by atoms with E-state index >= 15 is 0 Å². The second-order valence-electron chi connectivity index (χ2n) is 5.63. The van der Waals surface area contributed by atoms with Gasteiger partial charge in [-0.25, -0.2) is 4.98 Å². The molecule has 0 saturated carbocycles. The van der Waals surface area contributed by atoms with Crippen molar-refractivity contribution in [2.75, 3.05) is 12.4 Å². The summed E-state index contributed by atoms with van der Waals surface area (Å²) in [5.41, 5.74) is 2.76. The molecule has 0 spiro atoms. The Kier molecular flexibility index (Phi) is 4.22. The van der Waals surface area contributed by atoms with E-state index in [1.165, 1.54) is 0 Å². The minimum Gasteiger partial charge on any atom is -0.507 e. The van der Waals surface area contributed by atoms with E-state index in [0.29, 0.717) is 16.9 Å². The van der Waals surface area contributed by atoms with Crippen LogP contribution in [0.5, 0.6) is 11.5 Å². The van der Waals surface area contributed by atoms with E-state index in [1.54, 1.807) is 31.6 Å². The van der Waals surface area contributed by atoms with Crippen LogP contribution in [0.3, 0.4) is 0 Å². The number of aromatic nitrogens is 3. The first-order chi connectivity index (χ1) is 12.7. The molecule has 2 aromatic carbocycles. The Bertz CT molecular complexity index is 1090. The monoisotopic (exact) mass is 410 g/mol. The van der Waals surface area contributed by atoms with E-state index in [0.717, 1.165) is 21.7 Å². The molecule has 2 aromatic heterocycles. The first-order valence-electron chi connectivity index (χ1n) is 7.88. The number of hydrogen-bond donors (Lipinski definition) is 2. The van der Waals surface area contributed by atoms with Crippen LogP contribution in [0.1, 0.15) is 0 Å². The molecule has 0 radical (unpaired) electrons. The lowest BCUT2D eigenvalue weighted by molar-refractivity contribution is 0.415. The zero-order chi connectivity index (χ0) is 18.1. The number of phenols is 1. The zero-order valence-corrected chi connectivity index (χ0v) is 15.4. The number of imidazole rings is 1. The van der Waals surface area contributed by atoms with Crippen LogP contribution in [-0.4, -0.2) is 26.6 Å². The van der Waals surface area contributed by atoms with E-state index in [4.69, 9.17) is 4.74 Å². The second kappa shape index (κ2) is 6.68. The maximum atomic E-state index is 10.4. The van der Waals surface area contributed by atoms with Crippen molar-refractivity contribution in [3.63, 3.8) is 0 Å². The smallest absolute Gasteiger partial charge is 0.157 e. The molecular formula is C19H15BrN4O2. The maximum Gasteiger partial charge on any atom is 0.157 e. The first kappa shape index (κ1) is 16.4. The molecule has 2 heterocycles. The van der Waals surface area contributed by atoms with Gasteiger partial charge in [0.25, 0.3) is 0 Å². The molecule has 0 aliphatic rings. The Hall–Kier alpha value is -3.06. The molecule has 0 aliphatic heterocycles. The Morgan fingerprint density at radius 3 is 2.92 bits per heavy atom. The van der Waals surface area contributed by atoms with Crippen LogP contribution in [-0.2, 0) is 0 Å². The standard InChI is InChI=1S/C19H15BrN4O2/c1-26-14-4-2-3-13(10-14)22-19-18(15-9-12(20)5-6-16(15)25)23-17-11-21-7-8-24(17)19/h2-11,22,25H,1H3. The van der Waals surface area contributed by atoms with Gasteiger partial charge in [0, 0.05) is 34.2 Å². The van der Waals surface area contributed by atoms with Crippen molar-refractivity contribution in [2.45, 2.75) is 0 Å². The quantitative estimate of drug-likeness (QED) is 0.513. The highest BCUT2D eigenvalue weighted by Crippen LogP contribution is 2.37. The fourth-order valence-electron chi connectivity index (χ4n) is 2.75. The second-order valence-corrected chi connectivity index (χ2v) is 6.55. The van der Waals surface area contributed by atoms with Crippen LogP contribution in [0.15, 0.2) is 65.5 Å². The summed E-state index contributed by atoms with van der Waals surface area (Å²) >= 11 is 3.45. The van der Waals surface area contributed by atoms with Gasteiger partial charge in [0.1, 0.15) is 23.0 Å². The minimum atomic E-state index is 0.151. The average molecular weight is 411 g/mol. The van der Waals surface area contributed by atoms with E-state index in [9.17, 15) is 5.11 Å². The summed E-state index contributed by atoms with van der Waals surface area (Å²) in [4.78, 5) is 8.78. The lowest BCUT2D eigenvalue weighted by Crippen LogP contribution is -1.97. The lowest BCUT2D eigenvalue weighted by atomic mass is 10.1. The minimum absolute atomic E-state index is 0.151. The van der Waals surface area contributed by atoms with Gasteiger partial charge in [0.05, 0.1) is 13.3 Å². The number of rotatable bonds is 4. The molecule has 4 aromatic rings. The number of nitrogens with zero attached hydrogens (tertiary/aromatic N) is 3. The van der Waals surface area contributed by atoms with Gasteiger partial charge in [-0.05, 0) is 30.3 Å². The molecule has 130 valence electrons. The molecule has 26 heavy (non-hydrogen) atoms. The summed E-state index contributed by atoms with van der Waals surface area (Å²) in [5.74, 6) is 1.62. The average Bonchev–Trinajstić information content (AvgIpc) is 3.02. The predicted molar refractivity (Wildman–Crippen MR) is 104 cm³/mol. The van der Waals surface area contributed by atoms with Crippen LogP contribution in [0.2, 0.25) is 0 Å². The molecular weight excluding hydrogens is 396 g/mol. The number of ether oxygens (including phenoxy) is 1. The van der Waals surface area contributed by atoms with Crippen LogP contribution >= 0.6 is 15.9 Å². The molecule has 0 aliphatic carbocycles. The number of fused-ring (bicyclic) bond motifs is 1. The summed E-state index contributed by atoms with van der Waals surface area (Å²) < 4.78 is 8.04. The van der Waals surface area contributed by atoms with Crippen LogP contribution < -0.4 is 10.1 Å². The van der Waals surface area contributed by atoms with Crippen molar-refractivity contribution in [1.82, 2.24) is 14.4 Å². The van der Waals surface area contributed by atoms with Gasteiger partial charge in [-0.1, -0.05) is 22.0 Å². The number of methoxy groups -OCH3 is 1. The number of phenolic OH excluding ortho intramolecular Hbond substituents is 1. The largest absolute Gasteiger partial charge is 0.507 e. The third kappa shape index (κ3) is 2.97. The van der Waals surface area contributed by atoms with Gasteiger partial charge in [-0.2, -0.15) is 0 Å². The lowest BCUT2D eigenvalue weighted by Gasteiger charge is -2.11. The SMILES string of the molecule is COc1cccc(Nc2c(-c3cc(Br)ccc3O)nc3cnccn23)c1. The Labute approximate surface area is 158 Å². The fourth-order valence-corrected chi connectivity index (χ4v) is 3.11. The van der Waals surface area contributed by atoms with Crippen molar-refractivity contribution >= 4 is 33.1 Å². The summed E-state index contributed by atoms with van der Waals surface area (Å²) in [5, 5.41) is 13.7.